The summed E-state index contributed by atoms with van der Waals surface area (Å²) in [5, 5.41) is 3.21. The molecule has 2 aromatic rings. The summed E-state index contributed by atoms with van der Waals surface area (Å²) in [4.78, 5) is 2.62. The van der Waals surface area contributed by atoms with E-state index in [9.17, 15) is 8.42 Å². The maximum atomic E-state index is 11.7. The highest BCUT2D eigenvalue weighted by atomic mass is 32.2. The average Bonchev–Trinajstić information content (AvgIpc) is 2.83. The lowest BCUT2D eigenvalue weighted by Crippen LogP contribution is -2.18. The van der Waals surface area contributed by atoms with Crippen LogP contribution in [-0.4, -0.2) is 15.5 Å². The van der Waals surface area contributed by atoms with Crippen LogP contribution in [0.1, 0.15) is 9.75 Å². The summed E-state index contributed by atoms with van der Waals surface area (Å²) in [6.07, 6.45) is 0. The van der Waals surface area contributed by atoms with Gasteiger partial charge in [-0.05, 0) is 44.3 Å². The number of nitrogens with one attached hydrogen (secondary N) is 2. The molecular formula is C13H17N3O2S2. The van der Waals surface area contributed by atoms with Crippen LogP contribution >= 0.6 is 11.3 Å². The number of nitrogens with two attached hydrogens (primary N) is 1. The van der Waals surface area contributed by atoms with Crippen LogP contribution in [0.3, 0.4) is 0 Å². The van der Waals surface area contributed by atoms with Gasteiger partial charge in [0.25, 0.3) is 0 Å². The molecule has 5 nitrogen and oxygen atoms in total. The van der Waals surface area contributed by atoms with E-state index < -0.39 is 10.0 Å². The van der Waals surface area contributed by atoms with Gasteiger partial charge in [0.2, 0.25) is 10.0 Å². The van der Waals surface area contributed by atoms with Gasteiger partial charge in [-0.25, -0.2) is 13.1 Å². The van der Waals surface area contributed by atoms with Crippen molar-refractivity contribution in [3.05, 3.63) is 40.1 Å². The van der Waals surface area contributed by atoms with Gasteiger partial charge >= 0.3 is 0 Å². The van der Waals surface area contributed by atoms with Crippen LogP contribution in [0, 0.1) is 6.92 Å². The van der Waals surface area contributed by atoms with Crippen molar-refractivity contribution >= 4 is 32.7 Å². The van der Waals surface area contributed by atoms with Gasteiger partial charge in [0.05, 0.1) is 16.3 Å². The third-order valence-corrected chi connectivity index (χ3v) is 5.26. The SMILES string of the molecule is CNS(=O)(=O)c1ccc(NCc2ccc(C)s2)c(N)c1. The molecule has 0 unspecified atom stereocenters. The number of thiophene rings is 1. The fraction of sp³-hybridized carbons (Fsp3) is 0.231. The van der Waals surface area contributed by atoms with E-state index in [-0.39, 0.29) is 4.90 Å². The van der Waals surface area contributed by atoms with Crippen molar-refractivity contribution in [1.82, 2.24) is 4.72 Å². The summed E-state index contributed by atoms with van der Waals surface area (Å²) in [6.45, 7) is 2.72. The van der Waals surface area contributed by atoms with E-state index in [1.165, 1.54) is 28.9 Å². The molecule has 0 aliphatic carbocycles. The molecule has 1 heterocycles. The van der Waals surface area contributed by atoms with Crippen molar-refractivity contribution < 1.29 is 8.42 Å². The van der Waals surface area contributed by atoms with E-state index in [0.29, 0.717) is 12.2 Å². The Kier molecular flexibility index (Phi) is 4.32. The Morgan fingerprint density at radius 2 is 2.00 bits per heavy atom. The zero-order chi connectivity index (χ0) is 14.8. The predicted molar refractivity (Wildman–Crippen MR) is 83.5 cm³/mol. The first-order valence-electron chi connectivity index (χ1n) is 6.04. The van der Waals surface area contributed by atoms with Gasteiger partial charge in [0, 0.05) is 16.3 Å². The number of anilines is 2. The third kappa shape index (κ3) is 3.30. The first-order valence-corrected chi connectivity index (χ1v) is 8.34. The van der Waals surface area contributed by atoms with Gasteiger partial charge in [0.1, 0.15) is 0 Å². The van der Waals surface area contributed by atoms with Gasteiger partial charge < -0.3 is 11.1 Å². The van der Waals surface area contributed by atoms with E-state index in [4.69, 9.17) is 5.73 Å². The van der Waals surface area contributed by atoms with Crippen LogP contribution in [0.25, 0.3) is 0 Å². The molecule has 7 heteroatoms. The third-order valence-electron chi connectivity index (χ3n) is 2.85. The van der Waals surface area contributed by atoms with Crippen LogP contribution in [0.5, 0.6) is 0 Å². The molecule has 1 aromatic heterocycles. The van der Waals surface area contributed by atoms with E-state index in [1.54, 1.807) is 17.4 Å². The Morgan fingerprint density at radius 1 is 1.25 bits per heavy atom. The zero-order valence-corrected chi connectivity index (χ0v) is 12.9. The Hall–Kier alpha value is -1.57. The number of benzene rings is 1. The molecule has 0 fully saturated rings. The van der Waals surface area contributed by atoms with E-state index in [0.717, 1.165) is 5.69 Å². The highest BCUT2D eigenvalue weighted by molar-refractivity contribution is 7.89. The molecule has 0 aliphatic rings. The van der Waals surface area contributed by atoms with Crippen molar-refractivity contribution in [3.63, 3.8) is 0 Å². The Labute approximate surface area is 122 Å². The minimum atomic E-state index is -3.46. The van der Waals surface area contributed by atoms with Crippen LogP contribution < -0.4 is 15.8 Å². The normalized spacial score (nSPS) is 11.5. The molecule has 2 rings (SSSR count). The van der Waals surface area contributed by atoms with Crippen LogP contribution in [0.4, 0.5) is 11.4 Å². The lowest BCUT2D eigenvalue weighted by Gasteiger charge is -2.10. The van der Waals surface area contributed by atoms with Gasteiger partial charge in [-0.3, -0.25) is 0 Å². The Balaban J connectivity index is 2.14. The summed E-state index contributed by atoms with van der Waals surface area (Å²) < 4.78 is 25.6. The van der Waals surface area contributed by atoms with Crippen molar-refractivity contribution in [2.45, 2.75) is 18.4 Å². The number of rotatable bonds is 5. The molecule has 0 radical (unpaired) electrons. The van der Waals surface area contributed by atoms with Crippen molar-refractivity contribution in [3.8, 4) is 0 Å². The molecule has 0 aliphatic heterocycles. The van der Waals surface area contributed by atoms with Crippen LogP contribution in [-0.2, 0) is 16.6 Å². The first-order chi connectivity index (χ1) is 9.42. The van der Waals surface area contributed by atoms with Crippen LogP contribution in [0.15, 0.2) is 35.2 Å². The number of hydrogen-bond donors (Lipinski definition) is 3. The van der Waals surface area contributed by atoms with Crippen molar-refractivity contribution in [1.29, 1.82) is 0 Å². The monoisotopic (exact) mass is 311 g/mol. The predicted octanol–water partition coefficient (Wildman–Crippen LogP) is 2.16. The smallest absolute Gasteiger partial charge is 0.240 e. The van der Waals surface area contributed by atoms with Crippen LogP contribution in [0.2, 0.25) is 0 Å². The lowest BCUT2D eigenvalue weighted by atomic mass is 10.2. The Morgan fingerprint density at radius 3 is 2.55 bits per heavy atom. The van der Waals surface area contributed by atoms with E-state index in [2.05, 4.69) is 29.1 Å². The highest BCUT2D eigenvalue weighted by Gasteiger charge is 2.12. The maximum absolute atomic E-state index is 11.7. The fourth-order valence-electron chi connectivity index (χ4n) is 1.75. The standard InChI is InChI=1S/C13H17N3O2S2/c1-9-3-4-10(19-9)8-16-13-6-5-11(7-12(13)14)20(17,18)15-2/h3-7,15-16H,8,14H2,1-2H3. The highest BCUT2D eigenvalue weighted by Crippen LogP contribution is 2.24. The Bertz CT molecular complexity index is 708. The molecule has 108 valence electrons. The molecular weight excluding hydrogens is 294 g/mol. The number of aryl methyl sites for hydroxylation is 1. The molecule has 0 saturated carbocycles. The summed E-state index contributed by atoms with van der Waals surface area (Å²) in [5.41, 5.74) is 7.03. The number of sulfonamides is 1. The minimum Gasteiger partial charge on any atom is -0.397 e. The first kappa shape index (κ1) is 14.8. The summed E-state index contributed by atoms with van der Waals surface area (Å²) in [5.74, 6) is 0. The van der Waals surface area contributed by atoms with Gasteiger partial charge in [-0.2, -0.15) is 0 Å². The molecule has 0 atom stereocenters. The molecule has 1 aromatic carbocycles. The summed E-state index contributed by atoms with van der Waals surface area (Å²) in [7, 11) is -2.09. The molecule has 20 heavy (non-hydrogen) atoms. The quantitative estimate of drug-likeness (QED) is 0.739. The molecule has 0 amide bonds. The van der Waals surface area contributed by atoms with E-state index in [1.807, 2.05) is 0 Å². The molecule has 4 N–H and O–H groups in total. The van der Waals surface area contributed by atoms with Crippen molar-refractivity contribution in [2.75, 3.05) is 18.1 Å². The molecule has 0 spiro atoms. The second-order valence-electron chi connectivity index (χ2n) is 4.32. The van der Waals surface area contributed by atoms with Gasteiger partial charge in [0.15, 0.2) is 0 Å². The summed E-state index contributed by atoms with van der Waals surface area (Å²) >= 11 is 1.71. The summed E-state index contributed by atoms with van der Waals surface area (Å²) in [6, 6.07) is 8.79. The minimum absolute atomic E-state index is 0.162. The second-order valence-corrected chi connectivity index (χ2v) is 7.58. The van der Waals surface area contributed by atoms with Gasteiger partial charge in [-0.1, -0.05) is 0 Å². The maximum Gasteiger partial charge on any atom is 0.240 e. The molecule has 0 bridgehead atoms. The van der Waals surface area contributed by atoms with Gasteiger partial charge in [-0.15, -0.1) is 11.3 Å². The number of hydrogen-bond acceptors (Lipinski definition) is 5. The average molecular weight is 311 g/mol. The second kappa shape index (κ2) is 5.82. The largest absolute Gasteiger partial charge is 0.397 e. The zero-order valence-electron chi connectivity index (χ0n) is 11.3. The number of nitrogen functional groups attached to an aromatic ring is 1. The fourth-order valence-corrected chi connectivity index (χ4v) is 3.34. The molecule has 0 saturated heterocycles. The lowest BCUT2D eigenvalue weighted by molar-refractivity contribution is 0.588. The topological polar surface area (TPSA) is 84.2 Å². The van der Waals surface area contributed by atoms with Crippen molar-refractivity contribution in [2.24, 2.45) is 0 Å². The van der Waals surface area contributed by atoms with E-state index >= 15 is 0 Å².